The molecule has 0 radical (unpaired) electrons. The molecule has 212 valence electrons. The fraction of sp³-hybridized carbons (Fsp3) is 0.300. The number of rotatable bonds is 6. The molecule has 3 aromatic heterocycles. The van der Waals surface area contributed by atoms with E-state index in [1.54, 1.807) is 30.3 Å². The molecular weight excluding hydrogens is 534 g/mol. The molecule has 5 heterocycles. The fourth-order valence-electron chi connectivity index (χ4n) is 5.72. The minimum absolute atomic E-state index is 0.122. The van der Waals surface area contributed by atoms with Crippen molar-refractivity contribution in [1.29, 1.82) is 0 Å². The van der Waals surface area contributed by atoms with Gasteiger partial charge in [0.25, 0.3) is 5.91 Å². The second kappa shape index (κ2) is 10.8. The number of tetrazole rings is 1. The first-order valence-corrected chi connectivity index (χ1v) is 14.0. The number of aromatic nitrogens is 6. The van der Waals surface area contributed by atoms with Crippen LogP contribution in [0.25, 0.3) is 22.6 Å². The highest BCUT2D eigenvalue weighted by molar-refractivity contribution is 5.97. The molecule has 2 fully saturated rings. The average Bonchev–Trinajstić information content (AvgIpc) is 3.77. The molecule has 7 rings (SSSR count). The van der Waals surface area contributed by atoms with Crippen LogP contribution in [0.1, 0.15) is 40.8 Å². The summed E-state index contributed by atoms with van der Waals surface area (Å²) in [6, 6.07) is 19.0. The van der Waals surface area contributed by atoms with Crippen LogP contribution in [0.5, 0.6) is 0 Å². The van der Waals surface area contributed by atoms with Gasteiger partial charge in [0, 0.05) is 56.6 Å². The lowest BCUT2D eigenvalue weighted by atomic mass is 10.0. The Morgan fingerprint density at radius 1 is 0.976 bits per heavy atom. The first-order valence-electron chi connectivity index (χ1n) is 14.0. The number of hydrogen-bond acceptors (Lipinski definition) is 9. The van der Waals surface area contributed by atoms with E-state index in [4.69, 9.17) is 4.42 Å². The van der Waals surface area contributed by atoms with Gasteiger partial charge in [-0.1, -0.05) is 30.3 Å². The molecule has 0 N–H and O–H groups in total. The maximum atomic E-state index is 13.5. The fourth-order valence-corrected chi connectivity index (χ4v) is 5.72. The molecule has 0 saturated carbocycles. The molecule has 2 aliphatic rings. The van der Waals surface area contributed by atoms with E-state index in [-0.39, 0.29) is 17.9 Å². The Hall–Kier alpha value is -4.97. The highest BCUT2D eigenvalue weighted by Gasteiger charge is 2.31. The Morgan fingerprint density at radius 2 is 1.81 bits per heavy atom. The van der Waals surface area contributed by atoms with E-state index in [9.17, 15) is 9.59 Å². The van der Waals surface area contributed by atoms with E-state index in [1.165, 1.54) is 4.80 Å². The van der Waals surface area contributed by atoms with Crippen LogP contribution in [0.15, 0.2) is 71.3 Å². The molecule has 42 heavy (non-hydrogen) atoms. The maximum Gasteiger partial charge on any atom is 0.272 e. The van der Waals surface area contributed by atoms with Crippen molar-refractivity contribution in [3.63, 3.8) is 0 Å². The second-order valence-corrected chi connectivity index (χ2v) is 10.5. The van der Waals surface area contributed by atoms with Crippen LogP contribution in [-0.2, 0) is 11.8 Å². The van der Waals surface area contributed by atoms with Crippen LogP contribution in [0.3, 0.4) is 0 Å². The Kier molecular flexibility index (Phi) is 6.67. The van der Waals surface area contributed by atoms with Crippen molar-refractivity contribution in [3.05, 3.63) is 83.9 Å². The lowest BCUT2D eigenvalue weighted by molar-refractivity contribution is -0.117. The zero-order valence-electron chi connectivity index (χ0n) is 23.1. The molecule has 5 aromatic rings. The lowest BCUT2D eigenvalue weighted by Gasteiger charge is -2.38. The first-order chi connectivity index (χ1) is 20.5. The number of fused-ring (bicyclic) bond motifs is 1. The number of oxazole rings is 1. The molecule has 2 amide bonds. The van der Waals surface area contributed by atoms with Gasteiger partial charge in [-0.15, -0.1) is 10.2 Å². The number of pyridine rings is 1. The summed E-state index contributed by atoms with van der Waals surface area (Å²) in [5.74, 6) is 1.02. The standard InChI is InChI=1S/C30H29N9O3/c1-36-34-28(33-35-36)27(20-6-3-2-4-7-20)37-14-16-38(17-15-37)30(41)24-18-21(11-12-31-24)29-32-23-19-22(9-10-25(23)42-29)39-13-5-8-26(39)40/h2-4,6-7,9-12,18-19,27H,5,8,13-17H2,1H3/t27-/m0/s1. The summed E-state index contributed by atoms with van der Waals surface area (Å²) in [5.41, 5.74) is 4.18. The van der Waals surface area contributed by atoms with Gasteiger partial charge in [0.1, 0.15) is 11.2 Å². The van der Waals surface area contributed by atoms with Gasteiger partial charge in [0.2, 0.25) is 11.8 Å². The number of anilines is 1. The predicted molar refractivity (Wildman–Crippen MR) is 153 cm³/mol. The van der Waals surface area contributed by atoms with Gasteiger partial charge in [-0.3, -0.25) is 19.5 Å². The number of benzene rings is 2. The number of piperazine rings is 1. The molecule has 0 unspecified atom stereocenters. The second-order valence-electron chi connectivity index (χ2n) is 10.5. The third kappa shape index (κ3) is 4.90. The molecule has 12 heteroatoms. The van der Waals surface area contributed by atoms with Crippen molar-refractivity contribution in [1.82, 2.24) is 40.0 Å². The largest absolute Gasteiger partial charge is 0.436 e. The minimum Gasteiger partial charge on any atom is -0.436 e. The van der Waals surface area contributed by atoms with Crippen molar-refractivity contribution in [2.24, 2.45) is 7.05 Å². The van der Waals surface area contributed by atoms with E-state index < -0.39 is 0 Å². The van der Waals surface area contributed by atoms with E-state index >= 15 is 0 Å². The molecule has 0 spiro atoms. The summed E-state index contributed by atoms with van der Waals surface area (Å²) < 4.78 is 6.01. The summed E-state index contributed by atoms with van der Waals surface area (Å²) in [5, 5.41) is 12.8. The first kappa shape index (κ1) is 26.0. The van der Waals surface area contributed by atoms with Gasteiger partial charge in [-0.25, -0.2) is 4.98 Å². The summed E-state index contributed by atoms with van der Waals surface area (Å²) in [4.78, 5) is 42.1. The third-order valence-electron chi connectivity index (χ3n) is 7.83. The van der Waals surface area contributed by atoms with E-state index in [2.05, 4.69) is 42.4 Å². The van der Waals surface area contributed by atoms with Crippen LogP contribution in [0.4, 0.5) is 5.69 Å². The predicted octanol–water partition coefficient (Wildman–Crippen LogP) is 3.09. The summed E-state index contributed by atoms with van der Waals surface area (Å²) in [6.07, 6.45) is 3.03. The highest BCUT2D eigenvalue weighted by Crippen LogP contribution is 2.30. The number of nitrogens with zero attached hydrogens (tertiary/aromatic N) is 9. The quantitative estimate of drug-likeness (QED) is 0.306. The summed E-state index contributed by atoms with van der Waals surface area (Å²) in [7, 11) is 1.76. The van der Waals surface area contributed by atoms with Crippen LogP contribution < -0.4 is 4.90 Å². The smallest absolute Gasteiger partial charge is 0.272 e. The van der Waals surface area contributed by atoms with Crippen molar-refractivity contribution in [3.8, 4) is 11.5 Å². The molecule has 1 atom stereocenters. The van der Waals surface area contributed by atoms with Gasteiger partial charge in [-0.2, -0.15) is 4.80 Å². The number of hydrogen-bond donors (Lipinski definition) is 0. The van der Waals surface area contributed by atoms with Crippen LogP contribution in [0, 0.1) is 0 Å². The Balaban J connectivity index is 1.07. The minimum atomic E-state index is -0.151. The third-order valence-corrected chi connectivity index (χ3v) is 7.83. The highest BCUT2D eigenvalue weighted by atomic mass is 16.3. The molecule has 0 bridgehead atoms. The molecule has 2 aromatic carbocycles. The molecular formula is C30H29N9O3. The zero-order chi connectivity index (χ0) is 28.6. The van der Waals surface area contributed by atoms with Crippen LogP contribution >= 0.6 is 0 Å². The van der Waals surface area contributed by atoms with Gasteiger partial charge in [-0.05, 0) is 47.5 Å². The summed E-state index contributed by atoms with van der Waals surface area (Å²) >= 11 is 0. The number of carbonyl (C=O) groups is 2. The lowest BCUT2D eigenvalue weighted by Crippen LogP contribution is -2.50. The zero-order valence-corrected chi connectivity index (χ0v) is 23.1. The van der Waals surface area contributed by atoms with Crippen LogP contribution in [0.2, 0.25) is 0 Å². The van der Waals surface area contributed by atoms with Gasteiger partial charge in [0.05, 0.1) is 13.1 Å². The van der Waals surface area contributed by atoms with Gasteiger partial charge < -0.3 is 14.2 Å². The van der Waals surface area contributed by atoms with E-state index in [0.717, 1.165) is 17.7 Å². The molecule has 2 aliphatic heterocycles. The monoisotopic (exact) mass is 563 g/mol. The Morgan fingerprint density at radius 3 is 2.55 bits per heavy atom. The SMILES string of the molecule is Cn1nnc([C@H](c2ccccc2)N2CCN(C(=O)c3cc(-c4nc5cc(N6CCCC6=O)ccc5o4)ccn3)CC2)n1. The molecule has 12 nitrogen and oxygen atoms in total. The van der Waals surface area contributed by atoms with Crippen molar-refractivity contribution >= 4 is 28.6 Å². The number of amides is 2. The van der Waals surface area contributed by atoms with Gasteiger partial charge >= 0.3 is 0 Å². The van der Waals surface area contributed by atoms with E-state index in [0.29, 0.717) is 73.2 Å². The van der Waals surface area contributed by atoms with Crippen LogP contribution in [-0.4, -0.2) is 84.5 Å². The van der Waals surface area contributed by atoms with Gasteiger partial charge in [0.15, 0.2) is 11.4 Å². The topological polar surface area (TPSA) is 126 Å². The molecule has 2 saturated heterocycles. The van der Waals surface area contributed by atoms with E-state index in [1.807, 2.05) is 41.3 Å². The normalized spacial score (nSPS) is 16.8. The van der Waals surface area contributed by atoms with Crippen molar-refractivity contribution in [2.75, 3.05) is 37.6 Å². The Labute approximate surface area is 241 Å². The number of carbonyl (C=O) groups excluding carboxylic acids is 2. The average molecular weight is 564 g/mol. The van der Waals surface area contributed by atoms with Crippen molar-refractivity contribution < 1.29 is 14.0 Å². The summed E-state index contributed by atoms with van der Waals surface area (Å²) in [6.45, 7) is 3.08. The number of aryl methyl sites for hydroxylation is 1. The molecule has 0 aliphatic carbocycles. The maximum absolute atomic E-state index is 13.5. The Bertz CT molecular complexity index is 1760. The van der Waals surface area contributed by atoms with Crippen molar-refractivity contribution in [2.45, 2.75) is 18.9 Å².